The van der Waals surface area contributed by atoms with Gasteiger partial charge in [0.05, 0.1) is 14.2 Å². The van der Waals surface area contributed by atoms with Gasteiger partial charge in [0, 0.05) is 6.07 Å². The van der Waals surface area contributed by atoms with E-state index in [-0.39, 0.29) is 11.5 Å². The summed E-state index contributed by atoms with van der Waals surface area (Å²) >= 11 is 0. The van der Waals surface area contributed by atoms with E-state index >= 15 is 0 Å². The van der Waals surface area contributed by atoms with Gasteiger partial charge in [-0.05, 0) is 12.1 Å². The SMILES string of the molecule is COc1cc[c]c(S(=O)(=O)O)c1OC. The van der Waals surface area contributed by atoms with Crippen molar-refractivity contribution in [1.82, 2.24) is 0 Å². The van der Waals surface area contributed by atoms with E-state index in [0.29, 0.717) is 0 Å². The van der Waals surface area contributed by atoms with Crippen LogP contribution in [0.4, 0.5) is 0 Å². The predicted molar refractivity (Wildman–Crippen MR) is 48.2 cm³/mol. The van der Waals surface area contributed by atoms with E-state index in [4.69, 9.17) is 14.0 Å². The number of benzene rings is 1. The van der Waals surface area contributed by atoms with Crippen molar-refractivity contribution >= 4 is 10.1 Å². The predicted octanol–water partition coefficient (Wildman–Crippen LogP) is 0.751. The van der Waals surface area contributed by atoms with Crippen molar-refractivity contribution in [2.75, 3.05) is 14.2 Å². The van der Waals surface area contributed by atoms with Gasteiger partial charge in [-0.2, -0.15) is 8.42 Å². The first-order valence-electron chi connectivity index (χ1n) is 3.61. The van der Waals surface area contributed by atoms with Crippen molar-refractivity contribution in [3.05, 3.63) is 18.2 Å². The van der Waals surface area contributed by atoms with E-state index in [9.17, 15) is 8.42 Å². The van der Waals surface area contributed by atoms with E-state index in [1.54, 1.807) is 0 Å². The average molecular weight is 217 g/mol. The largest absolute Gasteiger partial charge is 0.493 e. The van der Waals surface area contributed by atoms with E-state index in [0.717, 1.165) is 0 Å². The summed E-state index contributed by atoms with van der Waals surface area (Å²) in [6, 6.07) is 5.16. The number of rotatable bonds is 3. The van der Waals surface area contributed by atoms with Gasteiger partial charge in [-0.15, -0.1) is 0 Å². The molecule has 6 heteroatoms. The summed E-state index contributed by atoms with van der Waals surface area (Å²) in [5.41, 5.74) is 0. The number of hydrogen-bond donors (Lipinski definition) is 1. The first kappa shape index (κ1) is 10.8. The molecule has 1 N–H and O–H groups in total. The molecule has 0 aliphatic rings. The zero-order chi connectivity index (χ0) is 10.8. The third-order valence-corrected chi connectivity index (χ3v) is 2.38. The summed E-state index contributed by atoms with van der Waals surface area (Å²) in [7, 11) is -1.69. The fourth-order valence-electron chi connectivity index (χ4n) is 0.992. The molecule has 77 valence electrons. The fraction of sp³-hybridized carbons (Fsp3) is 0.250. The lowest BCUT2D eigenvalue weighted by Gasteiger charge is -2.09. The maximum atomic E-state index is 10.9. The summed E-state index contributed by atoms with van der Waals surface area (Å²) in [5, 5.41) is 0. The molecule has 14 heavy (non-hydrogen) atoms. The van der Waals surface area contributed by atoms with Gasteiger partial charge in [0.2, 0.25) is 0 Å². The molecule has 0 aliphatic carbocycles. The van der Waals surface area contributed by atoms with Gasteiger partial charge in [0.1, 0.15) is 4.90 Å². The van der Waals surface area contributed by atoms with Gasteiger partial charge < -0.3 is 9.47 Å². The minimum atomic E-state index is -4.34. The molecular formula is C8H9O5S. The van der Waals surface area contributed by atoms with Gasteiger partial charge in [-0.25, -0.2) is 0 Å². The molecule has 1 rings (SSSR count). The molecule has 1 radical (unpaired) electrons. The summed E-state index contributed by atoms with van der Waals surface area (Å²) in [4.78, 5) is -0.431. The highest BCUT2D eigenvalue weighted by atomic mass is 32.2. The Bertz CT molecular complexity index is 423. The Labute approximate surface area is 82.0 Å². The third kappa shape index (κ3) is 1.97. The zero-order valence-electron chi connectivity index (χ0n) is 7.64. The second-order valence-corrected chi connectivity index (χ2v) is 3.74. The van der Waals surface area contributed by atoms with Crippen LogP contribution in [0.1, 0.15) is 0 Å². The molecule has 1 aromatic carbocycles. The van der Waals surface area contributed by atoms with Gasteiger partial charge in [0.25, 0.3) is 10.1 Å². The van der Waals surface area contributed by atoms with Crippen LogP contribution in [-0.4, -0.2) is 27.2 Å². The molecule has 0 saturated heterocycles. The highest BCUT2D eigenvalue weighted by molar-refractivity contribution is 7.86. The summed E-state index contributed by atoms with van der Waals surface area (Å²) in [6.45, 7) is 0. The lowest BCUT2D eigenvalue weighted by molar-refractivity contribution is 0.344. The summed E-state index contributed by atoms with van der Waals surface area (Å²) in [6.07, 6.45) is 0. The molecule has 0 atom stereocenters. The van der Waals surface area contributed by atoms with E-state index in [2.05, 4.69) is 6.07 Å². The standard InChI is InChI=1S/C8H9O5S/c1-12-6-4-3-5-7(8(6)13-2)14(9,10)11/h3-4H,1-2H3,(H,9,10,11). The lowest BCUT2D eigenvalue weighted by atomic mass is 10.3. The highest BCUT2D eigenvalue weighted by Gasteiger charge is 2.19. The molecule has 0 amide bonds. The smallest absolute Gasteiger partial charge is 0.299 e. The Kier molecular flexibility index (Phi) is 2.97. The van der Waals surface area contributed by atoms with Gasteiger partial charge in [-0.3, -0.25) is 4.55 Å². The van der Waals surface area contributed by atoms with Crippen molar-refractivity contribution in [3.63, 3.8) is 0 Å². The topological polar surface area (TPSA) is 72.8 Å². The fourth-order valence-corrected chi connectivity index (χ4v) is 1.63. The van der Waals surface area contributed by atoms with Crippen LogP contribution >= 0.6 is 0 Å². The number of ether oxygens (including phenoxy) is 2. The van der Waals surface area contributed by atoms with Crippen LogP contribution in [0.2, 0.25) is 0 Å². The average Bonchev–Trinajstić information content (AvgIpc) is 2.15. The normalized spacial score (nSPS) is 11.1. The lowest BCUT2D eigenvalue weighted by Crippen LogP contribution is -2.03. The molecule has 0 spiro atoms. The molecule has 0 heterocycles. The monoisotopic (exact) mass is 217 g/mol. The Morgan fingerprint density at radius 3 is 2.43 bits per heavy atom. The van der Waals surface area contributed by atoms with E-state index < -0.39 is 15.0 Å². The van der Waals surface area contributed by atoms with Crippen LogP contribution in [0.15, 0.2) is 17.0 Å². The van der Waals surface area contributed by atoms with E-state index in [1.807, 2.05) is 0 Å². The number of methoxy groups -OCH3 is 2. The van der Waals surface area contributed by atoms with Crippen LogP contribution in [0.3, 0.4) is 0 Å². The van der Waals surface area contributed by atoms with Crippen molar-refractivity contribution < 1.29 is 22.4 Å². The maximum absolute atomic E-state index is 10.9. The molecule has 0 bridgehead atoms. The molecular weight excluding hydrogens is 208 g/mol. The Balaban J connectivity index is 3.45. The van der Waals surface area contributed by atoms with Crippen LogP contribution < -0.4 is 9.47 Å². The Hall–Kier alpha value is -1.27. The first-order chi connectivity index (χ1) is 6.50. The molecule has 0 aromatic heterocycles. The van der Waals surface area contributed by atoms with Gasteiger partial charge in [-0.1, -0.05) is 0 Å². The molecule has 0 saturated carbocycles. The maximum Gasteiger partial charge on any atom is 0.299 e. The molecule has 0 unspecified atom stereocenters. The third-order valence-electron chi connectivity index (χ3n) is 1.56. The highest BCUT2D eigenvalue weighted by Crippen LogP contribution is 2.32. The van der Waals surface area contributed by atoms with Crippen LogP contribution in [-0.2, 0) is 10.1 Å². The molecule has 1 aromatic rings. The van der Waals surface area contributed by atoms with E-state index in [1.165, 1.54) is 26.4 Å². The summed E-state index contributed by atoms with van der Waals surface area (Å²) < 4.78 is 40.2. The van der Waals surface area contributed by atoms with Crippen molar-refractivity contribution in [3.8, 4) is 11.5 Å². The van der Waals surface area contributed by atoms with Crippen LogP contribution in [0.5, 0.6) is 11.5 Å². The van der Waals surface area contributed by atoms with Gasteiger partial charge >= 0.3 is 0 Å². The second-order valence-electron chi connectivity index (χ2n) is 2.38. The Morgan fingerprint density at radius 2 is 2.00 bits per heavy atom. The molecule has 0 aliphatic heterocycles. The number of hydrogen-bond acceptors (Lipinski definition) is 4. The molecule has 0 fully saturated rings. The van der Waals surface area contributed by atoms with Crippen LogP contribution in [0, 0.1) is 6.07 Å². The second kappa shape index (κ2) is 3.85. The first-order valence-corrected chi connectivity index (χ1v) is 5.05. The van der Waals surface area contributed by atoms with Crippen molar-refractivity contribution in [1.29, 1.82) is 0 Å². The van der Waals surface area contributed by atoms with Crippen molar-refractivity contribution in [2.24, 2.45) is 0 Å². The minimum Gasteiger partial charge on any atom is -0.493 e. The minimum absolute atomic E-state index is 0.0579. The molecule has 5 nitrogen and oxygen atoms in total. The zero-order valence-corrected chi connectivity index (χ0v) is 8.46. The van der Waals surface area contributed by atoms with Crippen molar-refractivity contribution in [2.45, 2.75) is 4.90 Å². The van der Waals surface area contributed by atoms with Gasteiger partial charge in [0.15, 0.2) is 11.5 Å². The quantitative estimate of drug-likeness (QED) is 0.756. The summed E-state index contributed by atoms with van der Waals surface area (Å²) in [5.74, 6) is 0.163. The van der Waals surface area contributed by atoms with Crippen LogP contribution in [0.25, 0.3) is 0 Å². The Morgan fingerprint density at radius 1 is 1.36 bits per heavy atom.